The maximum atomic E-state index is 15.0. The molecule has 3 unspecified atom stereocenters. The number of aromatic amines is 1. The van der Waals surface area contributed by atoms with Crippen molar-refractivity contribution in [1.29, 1.82) is 0 Å². The van der Waals surface area contributed by atoms with Crippen molar-refractivity contribution < 1.29 is 23.5 Å². The molecule has 1 aliphatic heterocycles. The molecular formula is C26H31ClFN5O4. The summed E-state index contributed by atoms with van der Waals surface area (Å²) >= 11 is 6.29. The Bertz CT molecular complexity index is 1230. The minimum atomic E-state index is -0.749. The Morgan fingerprint density at radius 3 is 2.81 bits per heavy atom. The molecule has 9 nitrogen and oxygen atoms in total. The van der Waals surface area contributed by atoms with E-state index in [-0.39, 0.29) is 46.2 Å². The molecule has 1 saturated heterocycles. The molecule has 0 bridgehead atoms. The number of ether oxygens (including phenoxy) is 1. The highest BCUT2D eigenvalue weighted by Crippen LogP contribution is 2.38. The number of anilines is 2. The summed E-state index contributed by atoms with van der Waals surface area (Å²) < 4.78 is 20.6. The van der Waals surface area contributed by atoms with E-state index in [1.54, 1.807) is 19.1 Å². The average molecular weight is 532 g/mol. The Morgan fingerprint density at radius 2 is 2.11 bits per heavy atom. The molecule has 3 N–H and O–H groups in total. The van der Waals surface area contributed by atoms with Gasteiger partial charge in [-0.25, -0.2) is 9.18 Å². The molecule has 11 heteroatoms. The van der Waals surface area contributed by atoms with E-state index in [0.717, 1.165) is 31.4 Å². The number of carbonyl (C=O) groups excluding carboxylic acids is 3. The zero-order chi connectivity index (χ0) is 26.3. The first-order valence-corrected chi connectivity index (χ1v) is 13.1. The second-order valence-corrected chi connectivity index (χ2v) is 11.0. The van der Waals surface area contributed by atoms with Gasteiger partial charge < -0.3 is 20.3 Å². The number of aromatic nitrogens is 2. The van der Waals surface area contributed by atoms with Crippen LogP contribution in [-0.4, -0.2) is 46.3 Å². The molecule has 2 aliphatic carbocycles. The van der Waals surface area contributed by atoms with Gasteiger partial charge in [0.1, 0.15) is 6.10 Å². The number of nitrogens with zero attached hydrogens (tertiary/aromatic N) is 2. The highest BCUT2D eigenvalue weighted by molar-refractivity contribution is 6.32. The van der Waals surface area contributed by atoms with Gasteiger partial charge in [0.2, 0.25) is 11.8 Å². The van der Waals surface area contributed by atoms with Crippen LogP contribution in [0, 0.1) is 5.82 Å². The van der Waals surface area contributed by atoms with Crippen molar-refractivity contribution in [3.63, 3.8) is 0 Å². The molecule has 0 spiro atoms. The first-order valence-electron chi connectivity index (χ1n) is 12.8. The van der Waals surface area contributed by atoms with Crippen LogP contribution in [0.3, 0.4) is 0 Å². The fraction of sp³-hybridized carbons (Fsp3) is 0.538. The quantitative estimate of drug-likeness (QED) is 0.465. The van der Waals surface area contributed by atoms with Crippen LogP contribution in [0.2, 0.25) is 5.02 Å². The maximum Gasteiger partial charge on any atom is 0.407 e. The normalized spacial score (nSPS) is 23.1. The number of nitrogens with one attached hydrogen (secondary N) is 3. The minimum Gasteiger partial charge on any atom is -0.446 e. The number of benzene rings is 1. The van der Waals surface area contributed by atoms with E-state index in [4.69, 9.17) is 16.3 Å². The number of hydrogen-bond acceptors (Lipinski definition) is 5. The number of alkyl carbamates (subject to hydrolysis) is 1. The molecular weight excluding hydrogens is 501 g/mol. The third-order valence-corrected chi connectivity index (χ3v) is 8.05. The van der Waals surface area contributed by atoms with Crippen molar-refractivity contribution in [2.24, 2.45) is 0 Å². The molecule has 0 radical (unpaired) electrons. The number of H-pyrrole nitrogens is 1. The van der Waals surface area contributed by atoms with E-state index in [1.807, 2.05) is 6.92 Å². The SMILES string of the molecule is CC(C(=O)Nc1cc(C2CCC(OC(=O)NC3(C)CC3)C2)[nH]n1)c1ccc(N2CCCC2=O)c(F)c1Cl. The molecule has 3 amide bonds. The fourth-order valence-corrected chi connectivity index (χ4v) is 5.38. The van der Waals surface area contributed by atoms with Crippen LogP contribution in [0.25, 0.3) is 0 Å². The predicted molar refractivity (Wildman–Crippen MR) is 136 cm³/mol. The van der Waals surface area contributed by atoms with E-state index in [9.17, 15) is 18.8 Å². The molecule has 2 aromatic rings. The van der Waals surface area contributed by atoms with Crippen LogP contribution in [0.5, 0.6) is 0 Å². The molecule has 5 rings (SSSR count). The van der Waals surface area contributed by atoms with Crippen LogP contribution in [0.15, 0.2) is 18.2 Å². The lowest BCUT2D eigenvalue weighted by Crippen LogP contribution is -2.36. The Morgan fingerprint density at radius 1 is 1.32 bits per heavy atom. The van der Waals surface area contributed by atoms with Gasteiger partial charge in [-0.3, -0.25) is 14.7 Å². The Hall–Kier alpha value is -3.14. The summed E-state index contributed by atoms with van der Waals surface area (Å²) in [6, 6.07) is 4.86. The van der Waals surface area contributed by atoms with Crippen molar-refractivity contribution >= 4 is 41.0 Å². The van der Waals surface area contributed by atoms with Crippen LogP contribution < -0.4 is 15.5 Å². The molecule has 1 aromatic carbocycles. The third-order valence-electron chi connectivity index (χ3n) is 7.67. The number of rotatable bonds is 7. The van der Waals surface area contributed by atoms with Crippen LogP contribution in [0.4, 0.5) is 20.7 Å². The molecule has 2 heterocycles. The van der Waals surface area contributed by atoms with Crippen LogP contribution in [-0.2, 0) is 14.3 Å². The lowest BCUT2D eigenvalue weighted by molar-refractivity contribution is -0.118. The zero-order valence-electron chi connectivity index (χ0n) is 20.9. The highest BCUT2D eigenvalue weighted by atomic mass is 35.5. The summed E-state index contributed by atoms with van der Waals surface area (Å²) in [5, 5.41) is 12.7. The minimum absolute atomic E-state index is 0.117. The molecule has 198 valence electrons. The second-order valence-electron chi connectivity index (χ2n) is 10.6. The monoisotopic (exact) mass is 531 g/mol. The Kier molecular flexibility index (Phi) is 6.87. The van der Waals surface area contributed by atoms with Gasteiger partial charge in [0.25, 0.3) is 0 Å². The third kappa shape index (κ3) is 5.44. The number of amides is 3. The molecule has 1 aromatic heterocycles. The number of carbonyl (C=O) groups is 3. The van der Waals surface area contributed by atoms with Crippen molar-refractivity contribution in [2.45, 2.75) is 82.3 Å². The first kappa shape index (κ1) is 25.5. The molecule has 3 atom stereocenters. The van der Waals surface area contributed by atoms with Gasteiger partial charge in [-0.05, 0) is 64.0 Å². The summed E-state index contributed by atoms with van der Waals surface area (Å²) in [7, 11) is 0. The van der Waals surface area contributed by atoms with Crippen molar-refractivity contribution in [3.8, 4) is 0 Å². The van der Waals surface area contributed by atoms with Crippen molar-refractivity contribution in [1.82, 2.24) is 15.5 Å². The van der Waals surface area contributed by atoms with Gasteiger partial charge in [-0.2, -0.15) is 5.10 Å². The standard InChI is InChI=1S/C26H31ClFN5O4/c1-14(17-7-8-19(23(28)22(17)27)33-11-3-4-21(33)34)24(35)29-20-13-18(31-32-20)15-5-6-16(12-15)37-25(36)30-26(2)9-10-26/h7-8,13-16H,3-6,9-12H2,1-2H3,(H,30,36)(H2,29,31,32,35). The van der Waals surface area contributed by atoms with Gasteiger partial charge >= 0.3 is 6.09 Å². The van der Waals surface area contributed by atoms with Gasteiger partial charge in [-0.1, -0.05) is 17.7 Å². The predicted octanol–water partition coefficient (Wildman–Crippen LogP) is 4.99. The number of hydrogen-bond donors (Lipinski definition) is 3. The maximum absolute atomic E-state index is 15.0. The van der Waals surface area contributed by atoms with Gasteiger partial charge in [0.05, 0.1) is 16.6 Å². The van der Waals surface area contributed by atoms with Crippen molar-refractivity contribution in [3.05, 3.63) is 40.3 Å². The lowest BCUT2D eigenvalue weighted by atomic mass is 9.99. The summed E-state index contributed by atoms with van der Waals surface area (Å²) in [6.07, 6.45) is 4.75. The summed E-state index contributed by atoms with van der Waals surface area (Å²) in [5.41, 5.74) is 1.20. The lowest BCUT2D eigenvalue weighted by Gasteiger charge is -2.20. The largest absolute Gasteiger partial charge is 0.446 e. The smallest absolute Gasteiger partial charge is 0.407 e. The Balaban J connectivity index is 1.18. The summed E-state index contributed by atoms with van der Waals surface area (Å²) in [4.78, 5) is 38.4. The van der Waals surface area contributed by atoms with Crippen LogP contribution >= 0.6 is 11.6 Å². The van der Waals surface area contributed by atoms with Gasteiger partial charge in [0.15, 0.2) is 11.6 Å². The molecule has 2 saturated carbocycles. The van der Waals surface area contributed by atoms with Gasteiger partial charge in [-0.15, -0.1) is 0 Å². The molecule has 3 aliphatic rings. The van der Waals surface area contributed by atoms with Gasteiger partial charge in [0, 0.05) is 36.2 Å². The van der Waals surface area contributed by atoms with Crippen molar-refractivity contribution in [2.75, 3.05) is 16.8 Å². The van der Waals surface area contributed by atoms with E-state index in [1.165, 1.54) is 11.0 Å². The zero-order valence-corrected chi connectivity index (χ0v) is 21.7. The average Bonchev–Trinajstić information content (AvgIpc) is 3.26. The fourth-order valence-electron chi connectivity index (χ4n) is 5.05. The summed E-state index contributed by atoms with van der Waals surface area (Å²) in [5.74, 6) is -1.49. The van der Waals surface area contributed by atoms with Crippen LogP contribution in [0.1, 0.15) is 81.9 Å². The van der Waals surface area contributed by atoms with E-state index in [2.05, 4.69) is 20.8 Å². The topological polar surface area (TPSA) is 116 Å². The highest BCUT2D eigenvalue weighted by Gasteiger charge is 2.40. The van der Waals surface area contributed by atoms with E-state index >= 15 is 0 Å². The summed E-state index contributed by atoms with van der Waals surface area (Å²) in [6.45, 7) is 4.09. The molecule has 3 fully saturated rings. The Labute approximate surface area is 219 Å². The second kappa shape index (κ2) is 9.96. The number of halogens is 2. The van der Waals surface area contributed by atoms with E-state index < -0.39 is 11.7 Å². The van der Waals surface area contributed by atoms with E-state index in [0.29, 0.717) is 37.2 Å². The first-order chi connectivity index (χ1) is 17.6. The molecule has 37 heavy (non-hydrogen) atoms.